The highest BCUT2D eigenvalue weighted by Crippen LogP contribution is 2.34. The van der Waals surface area contributed by atoms with Gasteiger partial charge in [0.1, 0.15) is 5.75 Å². The third-order valence-electron chi connectivity index (χ3n) is 4.10. The van der Waals surface area contributed by atoms with Gasteiger partial charge in [-0.1, -0.05) is 37.5 Å². The molecular weight excluding hydrogens is 346 g/mol. The van der Waals surface area contributed by atoms with Crippen molar-refractivity contribution in [2.75, 3.05) is 20.8 Å². The zero-order chi connectivity index (χ0) is 20.0. The van der Waals surface area contributed by atoms with Crippen molar-refractivity contribution in [1.29, 1.82) is 0 Å². The number of nitrogens with zero attached hydrogens (tertiary/aromatic N) is 1. The quantitative estimate of drug-likeness (QED) is 0.525. The molecule has 0 spiro atoms. The van der Waals surface area contributed by atoms with Gasteiger partial charge in [0.2, 0.25) is 0 Å². The van der Waals surface area contributed by atoms with Crippen molar-refractivity contribution in [3.05, 3.63) is 66.4 Å². The Balaban J connectivity index is 2.60. The summed E-state index contributed by atoms with van der Waals surface area (Å²) in [4.78, 5) is 23.9. The lowest BCUT2D eigenvalue weighted by atomic mass is 10.1. The topological polar surface area (TPSA) is 66.8 Å². The lowest BCUT2D eigenvalue weighted by molar-refractivity contribution is -0.142. The Labute approximate surface area is 158 Å². The standard InChI is InChI=1S/C21H23NO5/c1-6-7-9-14(2)12-22-15(3)19(21(24)26-5)20-16(22)10-8-11-17(20)27-13-18(23)25-4/h6-11H,1-2,12-13H2,3-5H3/b9-7-. The fraction of sp³-hybridized carbons (Fsp3) is 0.238. The number of ether oxygens (including phenoxy) is 3. The maximum absolute atomic E-state index is 12.4. The first-order chi connectivity index (χ1) is 12.9. The Hall–Kier alpha value is -3.28. The van der Waals surface area contributed by atoms with Gasteiger partial charge in [0.25, 0.3) is 0 Å². The smallest absolute Gasteiger partial charge is 0.343 e. The van der Waals surface area contributed by atoms with E-state index in [1.165, 1.54) is 14.2 Å². The SMILES string of the molecule is C=C/C=C\C(=C)Cn1c(C)c(C(=O)OC)c2c(OCC(=O)OC)cccc21. The zero-order valence-corrected chi connectivity index (χ0v) is 15.8. The van der Waals surface area contributed by atoms with Crippen LogP contribution in [-0.2, 0) is 20.8 Å². The molecule has 0 atom stereocenters. The van der Waals surface area contributed by atoms with Gasteiger partial charge in [-0.3, -0.25) is 0 Å². The molecule has 0 fully saturated rings. The van der Waals surface area contributed by atoms with Crippen LogP contribution in [0.2, 0.25) is 0 Å². The molecule has 1 aromatic heterocycles. The number of rotatable bonds is 8. The van der Waals surface area contributed by atoms with E-state index >= 15 is 0 Å². The molecule has 0 unspecified atom stereocenters. The normalized spacial score (nSPS) is 10.8. The molecule has 1 heterocycles. The monoisotopic (exact) mass is 369 g/mol. The molecule has 142 valence electrons. The van der Waals surface area contributed by atoms with Crippen LogP contribution < -0.4 is 4.74 Å². The van der Waals surface area contributed by atoms with Crippen LogP contribution >= 0.6 is 0 Å². The van der Waals surface area contributed by atoms with Crippen LogP contribution in [0.25, 0.3) is 10.9 Å². The van der Waals surface area contributed by atoms with Crippen molar-refractivity contribution < 1.29 is 23.8 Å². The van der Waals surface area contributed by atoms with Crippen molar-refractivity contribution in [2.45, 2.75) is 13.5 Å². The number of methoxy groups -OCH3 is 2. The second kappa shape index (κ2) is 8.89. The highest BCUT2D eigenvalue weighted by molar-refractivity contribution is 6.08. The summed E-state index contributed by atoms with van der Waals surface area (Å²) < 4.78 is 17.1. The third kappa shape index (κ3) is 4.28. The summed E-state index contributed by atoms with van der Waals surface area (Å²) in [6, 6.07) is 5.38. The fourth-order valence-electron chi connectivity index (χ4n) is 2.82. The number of esters is 2. The molecule has 0 aliphatic rings. The predicted molar refractivity (Wildman–Crippen MR) is 104 cm³/mol. The van der Waals surface area contributed by atoms with E-state index in [9.17, 15) is 9.59 Å². The van der Waals surface area contributed by atoms with Gasteiger partial charge < -0.3 is 18.8 Å². The number of carbonyl (C=O) groups is 2. The molecule has 0 saturated carbocycles. The number of carbonyl (C=O) groups excluding carboxylic acids is 2. The molecule has 6 heteroatoms. The lowest BCUT2D eigenvalue weighted by Crippen LogP contribution is -2.13. The van der Waals surface area contributed by atoms with E-state index in [2.05, 4.69) is 17.9 Å². The molecule has 0 aliphatic heterocycles. The minimum absolute atomic E-state index is 0.255. The van der Waals surface area contributed by atoms with Gasteiger partial charge in [0.15, 0.2) is 6.61 Å². The first kappa shape index (κ1) is 20.0. The first-order valence-electron chi connectivity index (χ1n) is 8.31. The maximum atomic E-state index is 12.4. The summed E-state index contributed by atoms with van der Waals surface area (Å²) in [5.74, 6) is -0.573. The van der Waals surface area contributed by atoms with E-state index in [-0.39, 0.29) is 6.61 Å². The summed E-state index contributed by atoms with van der Waals surface area (Å²) in [6.07, 6.45) is 5.33. The van der Waals surface area contributed by atoms with Crippen molar-refractivity contribution in [2.24, 2.45) is 0 Å². The minimum atomic E-state index is -0.509. The second-order valence-corrected chi connectivity index (χ2v) is 5.81. The summed E-state index contributed by atoms with van der Waals surface area (Å²) in [5.41, 5.74) is 2.74. The molecule has 0 saturated heterocycles. The first-order valence-corrected chi connectivity index (χ1v) is 8.31. The van der Waals surface area contributed by atoms with E-state index in [0.29, 0.717) is 23.2 Å². The van der Waals surface area contributed by atoms with Gasteiger partial charge in [-0.2, -0.15) is 0 Å². The molecular formula is C21H23NO5. The second-order valence-electron chi connectivity index (χ2n) is 5.81. The van der Waals surface area contributed by atoms with E-state index in [4.69, 9.17) is 9.47 Å². The average Bonchev–Trinajstić information content (AvgIpc) is 2.96. The summed E-state index contributed by atoms with van der Waals surface area (Å²) in [6.45, 7) is 9.74. The highest BCUT2D eigenvalue weighted by Gasteiger charge is 2.24. The Bertz CT molecular complexity index is 920. The van der Waals surface area contributed by atoms with Gasteiger partial charge in [0.05, 0.1) is 30.7 Å². The fourth-order valence-corrected chi connectivity index (χ4v) is 2.82. The lowest BCUT2D eigenvalue weighted by Gasteiger charge is -2.09. The Morgan fingerprint density at radius 1 is 1.22 bits per heavy atom. The predicted octanol–water partition coefficient (Wildman–Crippen LogP) is 3.59. The Morgan fingerprint density at radius 2 is 1.96 bits per heavy atom. The van der Waals surface area contributed by atoms with Gasteiger partial charge >= 0.3 is 11.9 Å². The maximum Gasteiger partial charge on any atom is 0.343 e. The molecule has 1 aromatic carbocycles. The van der Waals surface area contributed by atoms with Gasteiger partial charge in [-0.05, 0) is 24.6 Å². The third-order valence-corrected chi connectivity index (χ3v) is 4.10. The summed E-state index contributed by atoms with van der Waals surface area (Å²) in [5, 5.41) is 0.589. The average molecular weight is 369 g/mol. The number of hydrogen-bond acceptors (Lipinski definition) is 5. The van der Waals surface area contributed by atoms with Crippen LogP contribution in [0.1, 0.15) is 16.1 Å². The molecule has 27 heavy (non-hydrogen) atoms. The van der Waals surface area contributed by atoms with Crippen molar-refractivity contribution >= 4 is 22.8 Å². The molecule has 0 amide bonds. The number of fused-ring (bicyclic) bond motifs is 1. The van der Waals surface area contributed by atoms with Gasteiger partial charge in [-0.25, -0.2) is 9.59 Å². The van der Waals surface area contributed by atoms with Gasteiger partial charge in [-0.15, -0.1) is 0 Å². The Morgan fingerprint density at radius 3 is 2.59 bits per heavy atom. The summed E-state index contributed by atoms with van der Waals surface area (Å²) >= 11 is 0. The van der Waals surface area contributed by atoms with Crippen molar-refractivity contribution in [3.63, 3.8) is 0 Å². The molecule has 0 bridgehead atoms. The van der Waals surface area contributed by atoms with Crippen LogP contribution in [0, 0.1) is 6.92 Å². The van der Waals surface area contributed by atoms with Crippen LogP contribution in [0.15, 0.2) is 55.2 Å². The number of aromatic nitrogens is 1. The molecule has 0 N–H and O–H groups in total. The molecule has 0 radical (unpaired) electrons. The van der Waals surface area contributed by atoms with E-state index in [1.807, 2.05) is 23.6 Å². The van der Waals surface area contributed by atoms with E-state index < -0.39 is 11.9 Å². The summed E-state index contributed by atoms with van der Waals surface area (Å²) in [7, 11) is 2.61. The van der Waals surface area contributed by atoms with Crippen LogP contribution in [0.3, 0.4) is 0 Å². The van der Waals surface area contributed by atoms with Gasteiger partial charge in [0, 0.05) is 12.2 Å². The molecule has 2 aromatic rings. The Kier molecular flexibility index (Phi) is 6.60. The molecule has 0 aliphatic carbocycles. The number of hydrogen-bond donors (Lipinski definition) is 0. The molecule has 2 rings (SSSR count). The van der Waals surface area contributed by atoms with Crippen LogP contribution in [0.5, 0.6) is 5.75 Å². The van der Waals surface area contributed by atoms with Crippen LogP contribution in [-0.4, -0.2) is 37.3 Å². The van der Waals surface area contributed by atoms with Crippen molar-refractivity contribution in [3.8, 4) is 5.75 Å². The number of allylic oxidation sites excluding steroid dienone is 4. The number of benzene rings is 1. The van der Waals surface area contributed by atoms with E-state index in [0.717, 1.165) is 16.8 Å². The molecule has 6 nitrogen and oxygen atoms in total. The van der Waals surface area contributed by atoms with Crippen molar-refractivity contribution in [1.82, 2.24) is 4.57 Å². The highest BCUT2D eigenvalue weighted by atomic mass is 16.6. The van der Waals surface area contributed by atoms with Crippen LogP contribution in [0.4, 0.5) is 0 Å². The largest absolute Gasteiger partial charge is 0.481 e. The van der Waals surface area contributed by atoms with E-state index in [1.54, 1.807) is 24.3 Å². The zero-order valence-electron chi connectivity index (χ0n) is 15.8. The minimum Gasteiger partial charge on any atom is -0.481 e.